The Kier molecular flexibility index (Phi) is 4.98. The Balaban J connectivity index is 2.16. The Morgan fingerprint density at radius 1 is 1.43 bits per heavy atom. The minimum absolute atomic E-state index is 0.0266. The minimum Gasteiger partial charge on any atom is -0.477 e. The summed E-state index contributed by atoms with van der Waals surface area (Å²) in [4.78, 5) is 22.7. The van der Waals surface area contributed by atoms with E-state index in [0.29, 0.717) is 0 Å². The molecule has 5 heteroatoms. The molecule has 1 aromatic carbocycles. The van der Waals surface area contributed by atoms with E-state index < -0.39 is 11.9 Å². The molecule has 0 spiro atoms. The third-order valence-electron chi connectivity index (χ3n) is 3.52. The molecule has 1 unspecified atom stereocenters. The van der Waals surface area contributed by atoms with Gasteiger partial charge in [-0.3, -0.25) is 0 Å². The Hall–Kier alpha value is -2.30. The van der Waals surface area contributed by atoms with Crippen molar-refractivity contribution in [1.82, 2.24) is 5.32 Å². The number of esters is 1. The van der Waals surface area contributed by atoms with Crippen molar-refractivity contribution in [3.05, 3.63) is 47.2 Å². The number of nitrogens with one attached hydrogen (secondary N) is 1. The molecule has 0 aliphatic heterocycles. The predicted octanol–water partition coefficient (Wildman–Crippen LogP) is 2.19. The van der Waals surface area contributed by atoms with Gasteiger partial charge in [-0.1, -0.05) is 24.3 Å². The van der Waals surface area contributed by atoms with Gasteiger partial charge in [0.25, 0.3) is 0 Å². The number of carbonyl (C=O) groups is 2. The standard InChI is InChI=1S/C16H19NO4/c1-2-21-16(20)13(15(18)19)10-17-14-9-5-7-11-6-3-4-8-12(11)14/h3-4,6,8,10,14,17H,2,5,7,9H2,1H3,(H,18,19). The van der Waals surface area contributed by atoms with Crippen molar-refractivity contribution in [3.8, 4) is 0 Å². The van der Waals surface area contributed by atoms with Crippen LogP contribution in [0.1, 0.15) is 36.9 Å². The number of benzene rings is 1. The van der Waals surface area contributed by atoms with E-state index in [-0.39, 0.29) is 18.2 Å². The molecule has 1 aliphatic rings. The third-order valence-corrected chi connectivity index (χ3v) is 3.52. The smallest absolute Gasteiger partial charge is 0.347 e. The van der Waals surface area contributed by atoms with Crippen LogP contribution in [0.5, 0.6) is 0 Å². The summed E-state index contributed by atoms with van der Waals surface area (Å²) in [6, 6.07) is 8.10. The number of ether oxygens (including phenoxy) is 1. The largest absolute Gasteiger partial charge is 0.477 e. The van der Waals surface area contributed by atoms with Gasteiger partial charge >= 0.3 is 11.9 Å². The summed E-state index contributed by atoms with van der Waals surface area (Å²) in [5.74, 6) is -2.10. The molecule has 0 fully saturated rings. The summed E-state index contributed by atoms with van der Waals surface area (Å²) < 4.78 is 4.75. The van der Waals surface area contributed by atoms with Gasteiger partial charge in [-0.15, -0.1) is 0 Å². The zero-order chi connectivity index (χ0) is 15.2. The number of carbonyl (C=O) groups excluding carboxylic acids is 1. The number of aliphatic carboxylic acids is 1. The van der Waals surface area contributed by atoms with E-state index in [1.54, 1.807) is 6.92 Å². The second kappa shape index (κ2) is 6.92. The maximum atomic E-state index is 11.6. The van der Waals surface area contributed by atoms with Gasteiger partial charge in [-0.05, 0) is 37.3 Å². The van der Waals surface area contributed by atoms with Gasteiger partial charge < -0.3 is 15.2 Å². The van der Waals surface area contributed by atoms with Crippen LogP contribution in [0.3, 0.4) is 0 Å². The zero-order valence-corrected chi connectivity index (χ0v) is 12.0. The Bertz CT molecular complexity index is 565. The fourth-order valence-electron chi connectivity index (χ4n) is 2.53. The van der Waals surface area contributed by atoms with Crippen molar-refractivity contribution in [3.63, 3.8) is 0 Å². The Labute approximate surface area is 123 Å². The first kappa shape index (κ1) is 15.1. The van der Waals surface area contributed by atoms with Crippen LogP contribution in [-0.4, -0.2) is 23.7 Å². The molecular weight excluding hydrogens is 270 g/mol. The van der Waals surface area contributed by atoms with Crippen LogP contribution < -0.4 is 5.32 Å². The molecule has 1 aromatic rings. The average molecular weight is 289 g/mol. The lowest BCUT2D eigenvalue weighted by molar-refractivity contribution is -0.143. The third kappa shape index (κ3) is 3.62. The van der Waals surface area contributed by atoms with Crippen molar-refractivity contribution in [2.45, 2.75) is 32.2 Å². The first-order valence-corrected chi connectivity index (χ1v) is 7.08. The summed E-state index contributed by atoms with van der Waals surface area (Å²) in [6.07, 6.45) is 4.22. The van der Waals surface area contributed by atoms with E-state index in [1.165, 1.54) is 11.8 Å². The van der Waals surface area contributed by atoms with Gasteiger partial charge in [0.1, 0.15) is 0 Å². The van der Waals surface area contributed by atoms with Crippen molar-refractivity contribution in [2.24, 2.45) is 0 Å². The highest BCUT2D eigenvalue weighted by atomic mass is 16.5. The van der Waals surface area contributed by atoms with Crippen LogP contribution >= 0.6 is 0 Å². The molecule has 0 saturated heterocycles. The summed E-state index contributed by atoms with van der Waals surface area (Å²) in [5.41, 5.74) is 2.05. The topological polar surface area (TPSA) is 75.6 Å². The van der Waals surface area contributed by atoms with Gasteiger partial charge in [0, 0.05) is 6.20 Å². The number of fused-ring (bicyclic) bond motifs is 1. The van der Waals surface area contributed by atoms with E-state index in [4.69, 9.17) is 9.84 Å². The van der Waals surface area contributed by atoms with Gasteiger partial charge in [-0.2, -0.15) is 0 Å². The van der Waals surface area contributed by atoms with Crippen molar-refractivity contribution < 1.29 is 19.4 Å². The van der Waals surface area contributed by atoms with Crippen molar-refractivity contribution in [1.29, 1.82) is 0 Å². The normalized spacial score (nSPS) is 17.8. The maximum absolute atomic E-state index is 11.6. The van der Waals surface area contributed by atoms with Crippen LogP contribution in [0.2, 0.25) is 0 Å². The van der Waals surface area contributed by atoms with Gasteiger partial charge in [0.05, 0.1) is 12.6 Å². The van der Waals surface area contributed by atoms with Gasteiger partial charge in [0.2, 0.25) is 0 Å². The van der Waals surface area contributed by atoms with Crippen LogP contribution in [0, 0.1) is 0 Å². The molecule has 2 N–H and O–H groups in total. The SMILES string of the molecule is CCOC(=O)C(=CNC1CCCc2ccccc21)C(=O)O. The fraction of sp³-hybridized carbons (Fsp3) is 0.375. The quantitative estimate of drug-likeness (QED) is 0.376. The molecule has 0 aromatic heterocycles. The number of rotatable bonds is 5. The first-order chi connectivity index (χ1) is 10.1. The molecule has 0 saturated carbocycles. The number of carboxylic acid groups (broad SMARTS) is 1. The molecular formula is C16H19NO4. The number of hydrogen-bond donors (Lipinski definition) is 2. The lowest BCUT2D eigenvalue weighted by Crippen LogP contribution is -2.24. The van der Waals surface area contributed by atoms with Crippen molar-refractivity contribution >= 4 is 11.9 Å². The molecule has 2 rings (SSSR count). The molecule has 112 valence electrons. The molecule has 5 nitrogen and oxygen atoms in total. The van der Waals surface area contributed by atoms with E-state index in [1.807, 2.05) is 18.2 Å². The molecule has 1 aliphatic carbocycles. The molecule has 0 radical (unpaired) electrons. The summed E-state index contributed by atoms with van der Waals surface area (Å²) in [6.45, 7) is 1.79. The van der Waals surface area contributed by atoms with E-state index >= 15 is 0 Å². The molecule has 21 heavy (non-hydrogen) atoms. The maximum Gasteiger partial charge on any atom is 0.347 e. The van der Waals surface area contributed by atoms with Crippen LogP contribution in [-0.2, 0) is 20.7 Å². The first-order valence-electron chi connectivity index (χ1n) is 7.08. The van der Waals surface area contributed by atoms with E-state index in [0.717, 1.165) is 24.8 Å². The molecule has 0 bridgehead atoms. The molecule has 1 atom stereocenters. The van der Waals surface area contributed by atoms with Crippen molar-refractivity contribution in [2.75, 3.05) is 6.61 Å². The highest BCUT2D eigenvalue weighted by Gasteiger charge is 2.22. The van der Waals surface area contributed by atoms with Crippen LogP contribution in [0.15, 0.2) is 36.0 Å². The zero-order valence-electron chi connectivity index (χ0n) is 12.0. The summed E-state index contributed by atoms with van der Waals surface area (Å²) in [7, 11) is 0. The summed E-state index contributed by atoms with van der Waals surface area (Å²) >= 11 is 0. The number of hydrogen-bond acceptors (Lipinski definition) is 4. The lowest BCUT2D eigenvalue weighted by atomic mass is 9.88. The van der Waals surface area contributed by atoms with Crippen LogP contribution in [0.4, 0.5) is 0 Å². The Morgan fingerprint density at radius 2 is 2.19 bits per heavy atom. The van der Waals surface area contributed by atoms with E-state index in [9.17, 15) is 9.59 Å². The van der Waals surface area contributed by atoms with Gasteiger partial charge in [0.15, 0.2) is 5.57 Å². The van der Waals surface area contributed by atoms with Crippen LogP contribution in [0.25, 0.3) is 0 Å². The number of aryl methyl sites for hydroxylation is 1. The molecule has 0 amide bonds. The minimum atomic E-state index is -1.29. The highest BCUT2D eigenvalue weighted by Crippen LogP contribution is 2.29. The number of carboxylic acids is 1. The fourth-order valence-corrected chi connectivity index (χ4v) is 2.53. The Morgan fingerprint density at radius 3 is 2.90 bits per heavy atom. The highest BCUT2D eigenvalue weighted by molar-refractivity contribution is 6.13. The average Bonchev–Trinajstić information content (AvgIpc) is 2.47. The second-order valence-corrected chi connectivity index (χ2v) is 4.89. The predicted molar refractivity (Wildman–Crippen MR) is 77.6 cm³/mol. The monoisotopic (exact) mass is 289 g/mol. The lowest BCUT2D eigenvalue weighted by Gasteiger charge is -2.25. The summed E-state index contributed by atoms with van der Waals surface area (Å²) in [5, 5.41) is 12.1. The van der Waals surface area contributed by atoms with E-state index in [2.05, 4.69) is 11.4 Å². The molecule has 0 heterocycles. The van der Waals surface area contributed by atoms with Gasteiger partial charge in [-0.25, -0.2) is 9.59 Å². The second-order valence-electron chi connectivity index (χ2n) is 4.89.